The summed E-state index contributed by atoms with van der Waals surface area (Å²) in [5, 5.41) is 9.29. The van der Waals surface area contributed by atoms with E-state index in [2.05, 4.69) is 16.0 Å². The maximum atomic E-state index is 15.3. The van der Waals surface area contributed by atoms with E-state index in [1.807, 2.05) is 6.92 Å². The van der Waals surface area contributed by atoms with Gasteiger partial charge in [0.25, 0.3) is 0 Å². The molecule has 0 bridgehead atoms. The van der Waals surface area contributed by atoms with E-state index in [0.29, 0.717) is 17.7 Å². The van der Waals surface area contributed by atoms with E-state index >= 15 is 4.39 Å². The smallest absolute Gasteiger partial charge is 0.225 e. The lowest BCUT2D eigenvalue weighted by atomic mass is 9.88. The van der Waals surface area contributed by atoms with Crippen LogP contribution in [0.1, 0.15) is 42.4 Å². The van der Waals surface area contributed by atoms with E-state index in [-0.39, 0.29) is 48.0 Å². The molecular weight excluding hydrogens is 587 g/mol. The van der Waals surface area contributed by atoms with Gasteiger partial charge in [-0.2, -0.15) is 0 Å². The maximum absolute atomic E-state index is 15.3. The summed E-state index contributed by atoms with van der Waals surface area (Å²) in [6.45, 7) is 2.59. The van der Waals surface area contributed by atoms with Gasteiger partial charge in [0.05, 0.1) is 4.90 Å². The average molecular weight is 622 g/mol. The van der Waals surface area contributed by atoms with Crippen molar-refractivity contribution in [3.05, 3.63) is 131 Å². The predicted molar refractivity (Wildman–Crippen MR) is 164 cm³/mol. The van der Waals surface area contributed by atoms with Gasteiger partial charge in [-0.25, -0.2) is 21.6 Å². The molecule has 1 saturated heterocycles. The summed E-state index contributed by atoms with van der Waals surface area (Å²) in [6, 6.07) is 23.8. The fourth-order valence-electron chi connectivity index (χ4n) is 5.80. The highest BCUT2D eigenvalue weighted by Gasteiger charge is 2.47. The normalized spacial score (nSPS) is 18.7. The van der Waals surface area contributed by atoms with Gasteiger partial charge in [0.1, 0.15) is 22.3 Å². The molecule has 0 aromatic heterocycles. The molecule has 10 heteroatoms. The molecule has 0 radical (unpaired) electrons. The minimum atomic E-state index is -3.90. The van der Waals surface area contributed by atoms with Gasteiger partial charge in [-0.3, -0.25) is 10.1 Å². The molecule has 4 aromatic carbocycles. The Morgan fingerprint density at radius 2 is 1.50 bits per heavy atom. The summed E-state index contributed by atoms with van der Waals surface area (Å²) in [5.41, 5.74) is 1.73. The summed E-state index contributed by atoms with van der Waals surface area (Å²) in [7, 11) is -3.90. The second-order valence-corrected chi connectivity index (χ2v) is 13.4. The van der Waals surface area contributed by atoms with Crippen LogP contribution in [0.5, 0.6) is 0 Å². The molecule has 3 N–H and O–H groups in total. The fraction of sp³-hybridized carbons (Fsp3) is 0.265. The molecule has 1 fully saturated rings. The van der Waals surface area contributed by atoms with E-state index < -0.39 is 44.0 Å². The minimum absolute atomic E-state index is 0.0229. The van der Waals surface area contributed by atoms with E-state index in [1.54, 1.807) is 60.7 Å². The zero-order valence-corrected chi connectivity index (χ0v) is 25.0. The summed E-state index contributed by atoms with van der Waals surface area (Å²) >= 11 is 0. The molecule has 0 saturated carbocycles. The molecule has 0 spiro atoms. The van der Waals surface area contributed by atoms with Gasteiger partial charge in [0.2, 0.25) is 5.91 Å². The van der Waals surface area contributed by atoms with Crippen LogP contribution in [0.3, 0.4) is 0 Å². The van der Waals surface area contributed by atoms with Crippen LogP contribution in [0, 0.1) is 17.5 Å². The van der Waals surface area contributed by atoms with Crippen molar-refractivity contribution in [3.63, 3.8) is 0 Å². The number of anilines is 1. The zero-order chi connectivity index (χ0) is 31.3. The molecule has 0 unspecified atom stereocenters. The van der Waals surface area contributed by atoms with Gasteiger partial charge >= 0.3 is 0 Å². The van der Waals surface area contributed by atoms with Crippen LogP contribution < -0.4 is 16.0 Å². The second kappa shape index (κ2) is 13.3. The lowest BCUT2D eigenvalue weighted by Gasteiger charge is -2.41. The summed E-state index contributed by atoms with van der Waals surface area (Å²) in [4.78, 5) is 12.2. The molecule has 1 amide bonds. The van der Waals surface area contributed by atoms with Gasteiger partial charge in [-0.1, -0.05) is 48.5 Å². The Morgan fingerprint density at radius 1 is 0.886 bits per heavy atom. The van der Waals surface area contributed by atoms with E-state index in [4.69, 9.17) is 0 Å². The molecule has 1 aliphatic heterocycles. The third-order valence-electron chi connectivity index (χ3n) is 8.04. The van der Waals surface area contributed by atoms with E-state index in [1.165, 1.54) is 36.4 Å². The molecule has 44 heavy (non-hydrogen) atoms. The van der Waals surface area contributed by atoms with Crippen LogP contribution in [-0.2, 0) is 21.1 Å². The minimum Gasteiger partial charge on any atom is -0.326 e. The highest BCUT2D eigenvalue weighted by molar-refractivity contribution is 7.92. The Labute approximate surface area is 255 Å². The van der Waals surface area contributed by atoms with Crippen molar-refractivity contribution < 1.29 is 26.4 Å². The first-order valence-electron chi connectivity index (χ1n) is 14.4. The van der Waals surface area contributed by atoms with Gasteiger partial charge in [-0.15, -0.1) is 0 Å². The molecule has 6 nitrogen and oxygen atoms in total. The second-order valence-electron chi connectivity index (χ2n) is 11.2. The monoisotopic (exact) mass is 621 g/mol. The van der Waals surface area contributed by atoms with Crippen LogP contribution >= 0.6 is 0 Å². The molecule has 1 heterocycles. The first kappa shape index (κ1) is 31.4. The van der Waals surface area contributed by atoms with Crippen LogP contribution in [0.25, 0.3) is 0 Å². The largest absolute Gasteiger partial charge is 0.326 e. The number of nitrogens with one attached hydrogen (secondary N) is 3. The number of benzene rings is 4. The van der Waals surface area contributed by atoms with Crippen molar-refractivity contribution in [2.24, 2.45) is 0 Å². The van der Waals surface area contributed by atoms with Crippen molar-refractivity contribution in [1.82, 2.24) is 10.6 Å². The molecule has 5 rings (SSSR count). The lowest BCUT2D eigenvalue weighted by molar-refractivity contribution is -0.116. The van der Waals surface area contributed by atoms with Crippen molar-refractivity contribution in [1.29, 1.82) is 0 Å². The van der Waals surface area contributed by atoms with Crippen LogP contribution in [-0.4, -0.2) is 38.3 Å². The number of piperazine rings is 1. The third kappa shape index (κ3) is 6.88. The summed E-state index contributed by atoms with van der Waals surface area (Å²) in [6.07, 6.45) is -0.0171. The SMILES string of the molecule is C[C@@H]1CNC[C@](CCc2c(F)cccc2NC(=O)CC(c2ccc(F)cc2)c2ccc(F)cc2)(S(=O)(=O)c2ccccc2)N1. The molecule has 2 atom stereocenters. The van der Waals surface area contributed by atoms with Gasteiger partial charge < -0.3 is 10.6 Å². The lowest BCUT2D eigenvalue weighted by Crippen LogP contribution is -2.66. The maximum Gasteiger partial charge on any atom is 0.225 e. The summed E-state index contributed by atoms with van der Waals surface area (Å²) in [5.74, 6) is -2.38. The first-order chi connectivity index (χ1) is 21.1. The number of hydrogen-bond acceptors (Lipinski definition) is 5. The topological polar surface area (TPSA) is 87.3 Å². The van der Waals surface area contributed by atoms with E-state index in [0.717, 1.165) is 0 Å². The Balaban J connectivity index is 1.40. The molecule has 4 aromatic rings. The van der Waals surface area contributed by atoms with Crippen LogP contribution in [0.15, 0.2) is 102 Å². The molecule has 0 aliphatic carbocycles. The molecular formula is C34H34F3N3O3S. The number of hydrogen-bond donors (Lipinski definition) is 3. The summed E-state index contributed by atoms with van der Waals surface area (Å²) < 4.78 is 70.5. The Hall–Kier alpha value is -3.99. The highest BCUT2D eigenvalue weighted by Crippen LogP contribution is 2.33. The molecule has 230 valence electrons. The fourth-order valence-corrected chi connectivity index (χ4v) is 7.78. The number of rotatable bonds is 10. The Bertz CT molecular complexity index is 1660. The third-order valence-corrected chi connectivity index (χ3v) is 10.4. The average Bonchev–Trinajstić information content (AvgIpc) is 3.01. The van der Waals surface area contributed by atoms with Crippen molar-refractivity contribution in [3.8, 4) is 0 Å². The number of carbonyl (C=O) groups is 1. The Kier molecular flexibility index (Phi) is 9.53. The van der Waals surface area contributed by atoms with Gasteiger partial charge in [0.15, 0.2) is 9.84 Å². The van der Waals surface area contributed by atoms with Crippen molar-refractivity contribution >= 4 is 21.4 Å². The Morgan fingerprint density at radius 3 is 2.09 bits per heavy atom. The van der Waals surface area contributed by atoms with Crippen molar-refractivity contribution in [2.45, 2.75) is 47.9 Å². The standard InChI is InChI=1S/C34H34F3N3O3S/c1-23-21-38-22-34(40-23,44(42,43)28-6-3-2-4-7-28)19-18-29-31(37)8-5-9-32(29)39-33(41)20-30(24-10-14-26(35)15-11-24)25-12-16-27(36)17-13-25/h2-17,23,30,38,40H,18-22H2,1H3,(H,39,41)/t23-,34+/m1/s1. The van der Waals surface area contributed by atoms with Gasteiger partial charge in [0, 0.05) is 42.7 Å². The number of halogens is 3. The number of amides is 1. The predicted octanol–water partition coefficient (Wildman–Crippen LogP) is 5.95. The van der Waals surface area contributed by atoms with Gasteiger partial charge in [-0.05, 0) is 79.4 Å². The molecule has 1 aliphatic rings. The number of carbonyl (C=O) groups excluding carboxylic acids is 1. The van der Waals surface area contributed by atoms with Crippen molar-refractivity contribution in [2.75, 3.05) is 18.4 Å². The van der Waals surface area contributed by atoms with Crippen LogP contribution in [0.2, 0.25) is 0 Å². The first-order valence-corrected chi connectivity index (χ1v) is 15.9. The number of sulfone groups is 1. The zero-order valence-electron chi connectivity index (χ0n) is 24.2. The van der Waals surface area contributed by atoms with E-state index in [9.17, 15) is 22.0 Å². The quantitative estimate of drug-likeness (QED) is 0.204. The highest BCUT2D eigenvalue weighted by atomic mass is 32.2. The van der Waals surface area contributed by atoms with Crippen LogP contribution in [0.4, 0.5) is 18.9 Å².